The first kappa shape index (κ1) is 42.1. The zero-order valence-electron chi connectivity index (χ0n) is 32.8. The third-order valence-electron chi connectivity index (χ3n) is 10.3. The average Bonchev–Trinajstić information content (AvgIpc) is 3.25. The molecule has 0 aromatic heterocycles. The average molecular weight is 792 g/mol. The Kier molecular flexibility index (Phi) is 15.5. The van der Waals surface area contributed by atoms with Crippen LogP contribution in [-0.4, -0.2) is 72.9 Å². The summed E-state index contributed by atoms with van der Waals surface area (Å²) in [6, 6.07) is 36.1. The maximum Gasteiger partial charge on any atom is 0.412 e. The topological polar surface area (TPSA) is 182 Å². The molecule has 4 unspecified atom stereocenters. The van der Waals surface area contributed by atoms with Crippen LogP contribution < -0.4 is 0 Å². The summed E-state index contributed by atoms with van der Waals surface area (Å²) in [5.74, 6) is -0.354. The molecule has 304 valence electrons. The largest absolute Gasteiger partial charge is 0.444 e. The second-order valence-corrected chi connectivity index (χ2v) is 14.3. The van der Waals surface area contributed by atoms with E-state index in [0.29, 0.717) is 0 Å². The van der Waals surface area contributed by atoms with Crippen LogP contribution in [-0.2, 0) is 59.5 Å². The summed E-state index contributed by atoms with van der Waals surface area (Å²) in [7, 11) is 0. The minimum atomic E-state index is -1.14. The maximum atomic E-state index is 13.5. The van der Waals surface area contributed by atoms with Gasteiger partial charge in [-0.15, -0.1) is 0 Å². The number of rotatable bonds is 17. The van der Waals surface area contributed by atoms with Crippen molar-refractivity contribution >= 4 is 6.09 Å². The first-order valence-corrected chi connectivity index (χ1v) is 19.3. The zero-order valence-corrected chi connectivity index (χ0v) is 32.8. The minimum absolute atomic E-state index is 0.0665. The van der Waals surface area contributed by atoms with Crippen molar-refractivity contribution in [1.82, 2.24) is 4.90 Å². The Bertz CT molecular complexity index is 1950. The van der Waals surface area contributed by atoms with E-state index in [-0.39, 0.29) is 39.0 Å². The molecule has 4 aromatic rings. The monoisotopic (exact) mass is 791 g/mol. The second-order valence-electron chi connectivity index (χ2n) is 14.3. The third kappa shape index (κ3) is 11.3. The summed E-state index contributed by atoms with van der Waals surface area (Å²) in [6.45, 7) is 6.08. The number of hydrogen-bond donors (Lipinski definition) is 0. The fourth-order valence-corrected chi connectivity index (χ4v) is 7.00. The number of nitrogens with zero attached hydrogens (tertiary/aromatic N) is 7. The van der Waals surface area contributed by atoms with Gasteiger partial charge in [-0.3, -0.25) is 4.90 Å². The van der Waals surface area contributed by atoms with Gasteiger partial charge in [-0.2, -0.15) is 0 Å². The van der Waals surface area contributed by atoms with E-state index in [1.807, 2.05) is 142 Å². The molecule has 0 N–H and O–H groups in total. The van der Waals surface area contributed by atoms with Crippen LogP contribution in [0.4, 0.5) is 4.79 Å². The predicted molar refractivity (Wildman–Crippen MR) is 213 cm³/mol. The summed E-state index contributed by atoms with van der Waals surface area (Å²) in [5, 5.41) is 8.26. The van der Waals surface area contributed by atoms with Gasteiger partial charge in [0.15, 0.2) is 12.6 Å². The fourth-order valence-electron chi connectivity index (χ4n) is 7.00. The van der Waals surface area contributed by atoms with Gasteiger partial charge < -0.3 is 33.2 Å². The SMILES string of the molecule is CC1O[C@@H](O[C@@H]2C(N=[N+]=[N-])[C@H](OCN(Cc3ccccc3)C(=O)OCc3ccccc3)OC(C)[C@@H]2C)C(N=[N+]=[N-])[C@@H](OCc2ccccc2)[C@@H]1OCc1ccccc1. The molecule has 1 amide bonds. The van der Waals surface area contributed by atoms with Gasteiger partial charge in [0.05, 0.1) is 38.1 Å². The Balaban J connectivity index is 1.22. The van der Waals surface area contributed by atoms with Crippen LogP contribution >= 0.6 is 0 Å². The van der Waals surface area contributed by atoms with E-state index in [2.05, 4.69) is 20.1 Å². The molecule has 6 rings (SSSR count). The van der Waals surface area contributed by atoms with Crippen LogP contribution in [0.25, 0.3) is 20.9 Å². The molecule has 2 fully saturated rings. The van der Waals surface area contributed by atoms with Crippen molar-refractivity contribution < 1.29 is 38.0 Å². The first-order valence-electron chi connectivity index (χ1n) is 19.3. The number of carbonyl (C=O) groups is 1. The van der Waals surface area contributed by atoms with Gasteiger partial charge >= 0.3 is 6.09 Å². The van der Waals surface area contributed by atoms with E-state index in [1.54, 1.807) is 0 Å². The first-order chi connectivity index (χ1) is 28.3. The Labute approximate surface area is 338 Å². The second kappa shape index (κ2) is 21.3. The normalized spacial score (nSPS) is 26.7. The summed E-state index contributed by atoms with van der Waals surface area (Å²) in [4.78, 5) is 21.2. The van der Waals surface area contributed by atoms with Crippen LogP contribution in [0.3, 0.4) is 0 Å². The van der Waals surface area contributed by atoms with Gasteiger partial charge in [-0.25, -0.2) is 4.79 Å². The van der Waals surface area contributed by atoms with Gasteiger partial charge in [-0.05, 0) is 47.2 Å². The minimum Gasteiger partial charge on any atom is -0.444 e. The Morgan fingerprint density at radius 2 is 1.07 bits per heavy atom. The fraction of sp³-hybridized carbons (Fsp3) is 0.419. The number of azide groups is 2. The molecular formula is C43H49N7O8. The summed E-state index contributed by atoms with van der Waals surface area (Å²) < 4.78 is 44.4. The van der Waals surface area contributed by atoms with Crippen molar-refractivity contribution in [1.29, 1.82) is 0 Å². The number of carbonyl (C=O) groups excluding carboxylic acids is 1. The third-order valence-corrected chi connectivity index (χ3v) is 10.3. The maximum absolute atomic E-state index is 13.5. The molecule has 2 saturated heterocycles. The summed E-state index contributed by atoms with van der Waals surface area (Å²) in [5.41, 5.74) is 23.2. The number of hydrogen-bond acceptors (Lipinski definition) is 10. The predicted octanol–water partition coefficient (Wildman–Crippen LogP) is 8.84. The molecule has 0 spiro atoms. The van der Waals surface area contributed by atoms with Gasteiger partial charge in [-0.1, -0.05) is 138 Å². The summed E-state index contributed by atoms with van der Waals surface area (Å²) in [6.07, 6.45) is -6.21. The van der Waals surface area contributed by atoms with Gasteiger partial charge in [0.2, 0.25) is 0 Å². The van der Waals surface area contributed by atoms with E-state index in [0.717, 1.165) is 22.3 Å². The zero-order chi connectivity index (χ0) is 40.7. The van der Waals surface area contributed by atoms with Gasteiger partial charge in [0.25, 0.3) is 0 Å². The van der Waals surface area contributed by atoms with Crippen molar-refractivity contribution in [3.63, 3.8) is 0 Å². The van der Waals surface area contributed by atoms with Crippen molar-refractivity contribution in [2.24, 2.45) is 16.1 Å². The molecule has 4 aromatic carbocycles. The van der Waals surface area contributed by atoms with Crippen LogP contribution in [0.1, 0.15) is 43.0 Å². The lowest BCUT2D eigenvalue weighted by Gasteiger charge is -2.48. The lowest BCUT2D eigenvalue weighted by atomic mass is 9.89. The standard InChI is InChI=1S/C43H49N7O8/c1-29-30(2)56-41(55-28-50(24-32-16-8-4-9-17-32)43(51)54-27-35-22-14-7-15-23-35)36(46-48-44)38(29)58-42-37(47-49-45)40(53-26-34-20-12-6-13-21-34)39(31(3)57-42)52-25-33-18-10-5-11-19-33/h4-23,29-31,36-42H,24-28H2,1-3H3/t29-,30?,31?,36?,37?,38-,39+,40+,41+,42-/m0/s1. The number of ether oxygens (including phenoxy) is 7. The highest BCUT2D eigenvalue weighted by molar-refractivity contribution is 5.67. The van der Waals surface area contributed by atoms with Crippen LogP contribution in [0.15, 0.2) is 132 Å². The Hall–Kier alpha value is -5.47. The number of amides is 1. The molecule has 0 bridgehead atoms. The molecule has 2 aliphatic rings. The molecule has 2 aliphatic heterocycles. The van der Waals surface area contributed by atoms with Gasteiger partial charge in [0, 0.05) is 15.7 Å². The lowest BCUT2D eigenvalue weighted by Crippen LogP contribution is -2.61. The molecule has 58 heavy (non-hydrogen) atoms. The van der Waals surface area contributed by atoms with E-state index in [4.69, 9.17) is 33.2 Å². The molecule has 0 radical (unpaired) electrons. The smallest absolute Gasteiger partial charge is 0.412 e. The van der Waals surface area contributed by atoms with Crippen molar-refractivity contribution in [2.75, 3.05) is 6.73 Å². The van der Waals surface area contributed by atoms with Crippen LogP contribution in [0.2, 0.25) is 0 Å². The molecule has 0 saturated carbocycles. The molecule has 2 heterocycles. The highest BCUT2D eigenvalue weighted by Gasteiger charge is 2.51. The van der Waals surface area contributed by atoms with Gasteiger partial charge in [0.1, 0.15) is 37.6 Å². The lowest BCUT2D eigenvalue weighted by molar-refractivity contribution is -0.317. The van der Waals surface area contributed by atoms with E-state index in [9.17, 15) is 15.9 Å². The van der Waals surface area contributed by atoms with E-state index >= 15 is 0 Å². The Morgan fingerprint density at radius 1 is 0.603 bits per heavy atom. The van der Waals surface area contributed by atoms with Crippen LogP contribution in [0, 0.1) is 5.92 Å². The summed E-state index contributed by atoms with van der Waals surface area (Å²) >= 11 is 0. The molecule has 10 atom stereocenters. The molecule has 15 heteroatoms. The molecular weight excluding hydrogens is 743 g/mol. The highest BCUT2D eigenvalue weighted by atomic mass is 16.7. The van der Waals surface area contributed by atoms with E-state index in [1.165, 1.54) is 4.90 Å². The van der Waals surface area contributed by atoms with E-state index < -0.39 is 61.3 Å². The Morgan fingerprint density at radius 3 is 1.60 bits per heavy atom. The van der Waals surface area contributed by atoms with Crippen LogP contribution in [0.5, 0.6) is 0 Å². The van der Waals surface area contributed by atoms with Crippen molar-refractivity contribution in [3.05, 3.63) is 164 Å². The van der Waals surface area contributed by atoms with Crippen molar-refractivity contribution in [2.45, 2.75) is 102 Å². The molecule has 0 aliphatic carbocycles. The molecule has 15 nitrogen and oxygen atoms in total. The van der Waals surface area contributed by atoms with Crippen molar-refractivity contribution in [3.8, 4) is 0 Å². The quantitative estimate of drug-likeness (QED) is 0.0440. The number of benzene rings is 4. The highest BCUT2D eigenvalue weighted by Crippen LogP contribution is 2.36.